The second kappa shape index (κ2) is 3.74. The van der Waals surface area contributed by atoms with Crippen molar-refractivity contribution in [3.05, 3.63) is 29.8 Å². The monoisotopic (exact) mass is 183 g/mol. The molecule has 0 atom stereocenters. The lowest BCUT2D eigenvalue weighted by Crippen LogP contribution is -2.08. The third kappa shape index (κ3) is 2.20. The van der Waals surface area contributed by atoms with Gasteiger partial charge in [-0.1, -0.05) is 24.4 Å². The lowest BCUT2D eigenvalue weighted by atomic mass is 10.2. The molecule has 0 bridgehead atoms. The molecule has 0 unspecified atom stereocenters. The van der Waals surface area contributed by atoms with Crippen molar-refractivity contribution in [2.75, 3.05) is 6.26 Å². The Bertz CT molecular complexity index is 253. The number of benzene rings is 1. The van der Waals surface area contributed by atoms with E-state index >= 15 is 0 Å². The fourth-order valence-corrected chi connectivity index (χ4v) is 1.30. The lowest BCUT2D eigenvalue weighted by Gasteiger charge is -1.98. The molecule has 0 radical (unpaired) electrons. The molecule has 1 rings (SSSR count). The summed E-state index contributed by atoms with van der Waals surface area (Å²) in [6, 6.07) is 7.90. The molecule has 3 heteroatoms. The van der Waals surface area contributed by atoms with Gasteiger partial charge >= 0.3 is 0 Å². The summed E-state index contributed by atoms with van der Waals surface area (Å²) in [6.07, 6.45) is 2.04. The van der Waals surface area contributed by atoms with E-state index in [2.05, 4.69) is 0 Å². The summed E-state index contributed by atoms with van der Waals surface area (Å²) >= 11 is 6.52. The first-order valence-electron chi connectivity index (χ1n) is 3.18. The van der Waals surface area contributed by atoms with Crippen molar-refractivity contribution in [3.8, 4) is 0 Å². The minimum absolute atomic E-state index is 0.456. The van der Waals surface area contributed by atoms with E-state index in [1.165, 1.54) is 4.90 Å². The molecular weight excluding hydrogens is 174 g/mol. The molecule has 0 aliphatic carbocycles. The molecule has 11 heavy (non-hydrogen) atoms. The van der Waals surface area contributed by atoms with Gasteiger partial charge in [0.1, 0.15) is 4.99 Å². The fourth-order valence-electron chi connectivity index (χ4n) is 0.755. The molecular formula is C8H9NS2. The second-order valence-electron chi connectivity index (χ2n) is 2.09. The first-order valence-corrected chi connectivity index (χ1v) is 4.81. The average Bonchev–Trinajstić information content (AvgIpc) is 2.05. The Morgan fingerprint density at radius 1 is 1.36 bits per heavy atom. The van der Waals surface area contributed by atoms with Crippen molar-refractivity contribution in [3.63, 3.8) is 0 Å². The van der Waals surface area contributed by atoms with Crippen LogP contribution in [0.2, 0.25) is 0 Å². The summed E-state index contributed by atoms with van der Waals surface area (Å²) in [4.78, 5) is 1.68. The molecule has 0 fully saturated rings. The Morgan fingerprint density at radius 2 is 1.91 bits per heavy atom. The maximum Gasteiger partial charge on any atom is 0.103 e. The van der Waals surface area contributed by atoms with E-state index in [1.807, 2.05) is 30.5 Å². The zero-order valence-corrected chi connectivity index (χ0v) is 7.84. The van der Waals surface area contributed by atoms with Crippen molar-refractivity contribution in [1.82, 2.24) is 0 Å². The Morgan fingerprint density at radius 3 is 2.27 bits per heavy atom. The molecule has 0 heterocycles. The number of rotatable bonds is 2. The van der Waals surface area contributed by atoms with Crippen molar-refractivity contribution in [2.24, 2.45) is 5.73 Å². The standard InChI is InChI=1S/C8H9NS2/c1-11-7-4-2-6(3-5-7)8(9)10/h2-5H,1H3,(H2,9,10). The summed E-state index contributed by atoms with van der Waals surface area (Å²) in [5, 5.41) is 0. The normalized spacial score (nSPS) is 9.55. The highest BCUT2D eigenvalue weighted by Crippen LogP contribution is 2.14. The van der Waals surface area contributed by atoms with Crippen LogP contribution in [0.1, 0.15) is 5.56 Å². The van der Waals surface area contributed by atoms with Crippen LogP contribution in [0.3, 0.4) is 0 Å². The third-order valence-corrected chi connectivity index (χ3v) is 2.35. The molecule has 0 aromatic heterocycles. The van der Waals surface area contributed by atoms with Gasteiger partial charge in [-0.3, -0.25) is 0 Å². The van der Waals surface area contributed by atoms with Gasteiger partial charge in [0.25, 0.3) is 0 Å². The minimum Gasteiger partial charge on any atom is -0.389 e. The predicted molar refractivity (Wildman–Crippen MR) is 54.1 cm³/mol. The van der Waals surface area contributed by atoms with Gasteiger partial charge in [0.2, 0.25) is 0 Å². The largest absolute Gasteiger partial charge is 0.389 e. The first-order chi connectivity index (χ1) is 5.24. The summed E-state index contributed by atoms with van der Waals surface area (Å²) in [5.41, 5.74) is 6.36. The fraction of sp³-hybridized carbons (Fsp3) is 0.125. The number of hydrogen-bond donors (Lipinski definition) is 1. The third-order valence-electron chi connectivity index (χ3n) is 1.37. The van der Waals surface area contributed by atoms with Gasteiger partial charge in [0.05, 0.1) is 0 Å². The summed E-state index contributed by atoms with van der Waals surface area (Å²) in [5.74, 6) is 0. The number of nitrogens with two attached hydrogens (primary N) is 1. The van der Waals surface area contributed by atoms with Crippen LogP contribution in [0.15, 0.2) is 29.2 Å². The van der Waals surface area contributed by atoms with Crippen molar-refractivity contribution < 1.29 is 0 Å². The molecule has 58 valence electrons. The van der Waals surface area contributed by atoms with Gasteiger partial charge in [-0.15, -0.1) is 11.8 Å². The topological polar surface area (TPSA) is 26.0 Å². The van der Waals surface area contributed by atoms with Crippen LogP contribution in [-0.2, 0) is 0 Å². The van der Waals surface area contributed by atoms with Crippen molar-refractivity contribution in [2.45, 2.75) is 4.90 Å². The molecule has 1 nitrogen and oxygen atoms in total. The van der Waals surface area contributed by atoms with Crippen LogP contribution in [0.5, 0.6) is 0 Å². The van der Waals surface area contributed by atoms with E-state index in [0.717, 1.165) is 5.56 Å². The SMILES string of the molecule is CSc1ccc(C(N)=S)cc1. The van der Waals surface area contributed by atoms with E-state index in [4.69, 9.17) is 18.0 Å². The smallest absolute Gasteiger partial charge is 0.103 e. The van der Waals surface area contributed by atoms with E-state index < -0.39 is 0 Å². The number of hydrogen-bond acceptors (Lipinski definition) is 2. The van der Waals surface area contributed by atoms with Crippen LogP contribution in [0.25, 0.3) is 0 Å². The summed E-state index contributed by atoms with van der Waals surface area (Å²) in [6.45, 7) is 0. The minimum atomic E-state index is 0.456. The second-order valence-corrected chi connectivity index (χ2v) is 3.41. The van der Waals surface area contributed by atoms with Gasteiger partial charge < -0.3 is 5.73 Å². The summed E-state index contributed by atoms with van der Waals surface area (Å²) in [7, 11) is 0. The maximum absolute atomic E-state index is 5.43. The van der Waals surface area contributed by atoms with Gasteiger partial charge in [0.15, 0.2) is 0 Å². The average molecular weight is 183 g/mol. The molecule has 0 aliphatic heterocycles. The molecule has 0 amide bonds. The van der Waals surface area contributed by atoms with Gasteiger partial charge in [-0.05, 0) is 18.4 Å². The zero-order valence-electron chi connectivity index (χ0n) is 6.20. The Kier molecular flexibility index (Phi) is 2.91. The van der Waals surface area contributed by atoms with E-state index in [0.29, 0.717) is 4.99 Å². The van der Waals surface area contributed by atoms with Crippen LogP contribution >= 0.6 is 24.0 Å². The Labute approximate surface area is 76.0 Å². The Hall–Kier alpha value is -0.540. The molecule has 1 aromatic rings. The molecule has 1 aromatic carbocycles. The quantitative estimate of drug-likeness (QED) is 0.561. The highest BCUT2D eigenvalue weighted by Gasteiger charge is 1.94. The number of thiocarbonyl (C=S) groups is 1. The van der Waals surface area contributed by atoms with Gasteiger partial charge in [0, 0.05) is 10.5 Å². The van der Waals surface area contributed by atoms with Gasteiger partial charge in [-0.2, -0.15) is 0 Å². The van der Waals surface area contributed by atoms with Crippen LogP contribution in [-0.4, -0.2) is 11.2 Å². The van der Waals surface area contributed by atoms with E-state index in [-0.39, 0.29) is 0 Å². The molecule has 2 N–H and O–H groups in total. The Balaban J connectivity index is 2.91. The molecule has 0 spiro atoms. The first kappa shape index (κ1) is 8.56. The van der Waals surface area contributed by atoms with Crippen LogP contribution in [0.4, 0.5) is 0 Å². The molecule has 0 aliphatic rings. The van der Waals surface area contributed by atoms with Gasteiger partial charge in [-0.25, -0.2) is 0 Å². The highest BCUT2D eigenvalue weighted by molar-refractivity contribution is 7.98. The lowest BCUT2D eigenvalue weighted by molar-refractivity contribution is 1.45. The van der Waals surface area contributed by atoms with Crippen LogP contribution in [0, 0.1) is 0 Å². The van der Waals surface area contributed by atoms with Crippen molar-refractivity contribution >= 4 is 29.0 Å². The predicted octanol–water partition coefficient (Wildman–Crippen LogP) is 2.04. The number of thioether (sulfide) groups is 1. The van der Waals surface area contributed by atoms with E-state index in [1.54, 1.807) is 11.8 Å². The molecule has 0 saturated carbocycles. The van der Waals surface area contributed by atoms with Crippen LogP contribution < -0.4 is 5.73 Å². The zero-order chi connectivity index (χ0) is 8.27. The van der Waals surface area contributed by atoms with E-state index in [9.17, 15) is 0 Å². The van der Waals surface area contributed by atoms with Crippen molar-refractivity contribution in [1.29, 1.82) is 0 Å². The highest BCUT2D eigenvalue weighted by atomic mass is 32.2. The molecule has 0 saturated heterocycles. The maximum atomic E-state index is 5.43. The summed E-state index contributed by atoms with van der Waals surface area (Å²) < 4.78 is 0.